The van der Waals surface area contributed by atoms with E-state index in [1.165, 1.54) is 0 Å². The van der Waals surface area contributed by atoms with E-state index in [1.54, 1.807) is 6.07 Å². The lowest BCUT2D eigenvalue weighted by atomic mass is 10.1. The smallest absolute Gasteiger partial charge is 0.326 e. The van der Waals surface area contributed by atoms with E-state index in [1.807, 2.05) is 25.1 Å². The number of hydrogen-bond donors (Lipinski definition) is 3. The number of carbonyl (C=O) groups excluding carboxylic acids is 1. The van der Waals surface area contributed by atoms with E-state index >= 15 is 0 Å². The lowest BCUT2D eigenvalue weighted by molar-refractivity contribution is -0.141. The van der Waals surface area contributed by atoms with Gasteiger partial charge in [-0.1, -0.05) is 19.1 Å². The van der Waals surface area contributed by atoms with Crippen LogP contribution in [0.2, 0.25) is 0 Å². The van der Waals surface area contributed by atoms with Crippen LogP contribution >= 0.6 is 0 Å². The molecule has 1 aliphatic heterocycles. The predicted octanol–water partition coefficient (Wildman–Crippen LogP) is 1.30. The number of nitrogens with one attached hydrogen (secondary N) is 1. The number of anilines is 1. The second kappa shape index (κ2) is 5.92. The Morgan fingerprint density at radius 2 is 2.20 bits per heavy atom. The van der Waals surface area contributed by atoms with Gasteiger partial charge in [0.15, 0.2) is 0 Å². The van der Waals surface area contributed by atoms with Crippen molar-refractivity contribution < 1.29 is 19.8 Å². The maximum Gasteiger partial charge on any atom is 0.326 e. The number of likely N-dealkylation sites (tertiary alicyclic amines) is 1. The Labute approximate surface area is 117 Å². The predicted molar refractivity (Wildman–Crippen MR) is 73.6 cm³/mol. The molecule has 0 saturated carbocycles. The molecule has 1 unspecified atom stereocenters. The molecular formula is C14H18N2O4. The maximum atomic E-state index is 12.1. The Hall–Kier alpha value is -2.08. The van der Waals surface area contributed by atoms with Crippen molar-refractivity contribution in [2.24, 2.45) is 0 Å². The van der Waals surface area contributed by atoms with Crippen LogP contribution in [0, 0.1) is 0 Å². The van der Waals surface area contributed by atoms with Crippen molar-refractivity contribution in [1.82, 2.24) is 4.90 Å². The van der Waals surface area contributed by atoms with Crippen LogP contribution in [0.25, 0.3) is 0 Å². The number of aliphatic carboxylic acids is 1. The Kier molecular flexibility index (Phi) is 4.24. The zero-order chi connectivity index (χ0) is 14.7. The molecule has 1 aliphatic rings. The molecule has 1 aromatic rings. The van der Waals surface area contributed by atoms with Gasteiger partial charge in [-0.15, -0.1) is 0 Å². The van der Waals surface area contributed by atoms with Gasteiger partial charge in [0.05, 0.1) is 6.10 Å². The molecule has 0 aromatic heterocycles. The summed E-state index contributed by atoms with van der Waals surface area (Å²) >= 11 is 0. The van der Waals surface area contributed by atoms with Gasteiger partial charge in [0.1, 0.15) is 6.04 Å². The average Bonchev–Trinajstić information content (AvgIpc) is 2.81. The molecule has 6 heteroatoms. The molecule has 20 heavy (non-hydrogen) atoms. The molecule has 3 N–H and O–H groups in total. The zero-order valence-electron chi connectivity index (χ0n) is 11.2. The van der Waals surface area contributed by atoms with E-state index in [2.05, 4.69) is 5.32 Å². The third-order valence-electron chi connectivity index (χ3n) is 3.41. The fourth-order valence-corrected chi connectivity index (χ4v) is 2.34. The Morgan fingerprint density at radius 1 is 1.45 bits per heavy atom. The van der Waals surface area contributed by atoms with Crippen molar-refractivity contribution >= 4 is 17.7 Å². The van der Waals surface area contributed by atoms with Crippen molar-refractivity contribution in [3.8, 4) is 0 Å². The summed E-state index contributed by atoms with van der Waals surface area (Å²) in [5.74, 6) is -1.10. The highest BCUT2D eigenvalue weighted by molar-refractivity contribution is 5.92. The highest BCUT2D eigenvalue weighted by atomic mass is 16.4. The van der Waals surface area contributed by atoms with Crippen LogP contribution in [0.1, 0.15) is 18.9 Å². The number of nitrogens with zero attached hydrogens (tertiary/aromatic N) is 1. The summed E-state index contributed by atoms with van der Waals surface area (Å²) in [4.78, 5) is 24.4. The van der Waals surface area contributed by atoms with Crippen LogP contribution in [0.4, 0.5) is 10.5 Å². The van der Waals surface area contributed by atoms with Gasteiger partial charge in [-0.2, -0.15) is 0 Å². The highest BCUT2D eigenvalue weighted by Gasteiger charge is 2.38. The number of aliphatic hydroxyl groups is 1. The molecule has 6 nitrogen and oxygen atoms in total. The topological polar surface area (TPSA) is 89.9 Å². The van der Waals surface area contributed by atoms with Gasteiger partial charge in [0.2, 0.25) is 0 Å². The van der Waals surface area contributed by atoms with Crippen molar-refractivity contribution in [2.75, 3.05) is 11.9 Å². The van der Waals surface area contributed by atoms with Crippen molar-refractivity contribution in [3.63, 3.8) is 0 Å². The van der Waals surface area contributed by atoms with Gasteiger partial charge < -0.3 is 20.4 Å². The van der Waals surface area contributed by atoms with Crippen LogP contribution in [-0.2, 0) is 11.2 Å². The molecule has 1 heterocycles. The standard InChI is InChI=1S/C14H18N2O4/c1-2-9-4-3-5-10(6-9)15-14(20)16-8-11(17)7-12(16)13(18)19/h3-6,11-12,17H,2,7-8H2,1H3,(H,15,20)(H,18,19)/t11?,12-/m0/s1. The molecule has 1 fully saturated rings. The number of rotatable bonds is 3. The first-order valence-electron chi connectivity index (χ1n) is 6.58. The number of carboxylic acids is 1. The first kappa shape index (κ1) is 14.3. The number of hydrogen-bond acceptors (Lipinski definition) is 3. The Morgan fingerprint density at radius 3 is 2.85 bits per heavy atom. The van der Waals surface area contributed by atoms with Gasteiger partial charge in [-0.05, 0) is 24.1 Å². The number of benzene rings is 1. The molecular weight excluding hydrogens is 260 g/mol. The van der Waals surface area contributed by atoms with E-state index < -0.39 is 24.1 Å². The monoisotopic (exact) mass is 278 g/mol. The van der Waals surface area contributed by atoms with E-state index in [0.717, 1.165) is 16.9 Å². The molecule has 1 saturated heterocycles. The maximum absolute atomic E-state index is 12.1. The van der Waals surface area contributed by atoms with Crippen LogP contribution < -0.4 is 5.32 Å². The fourth-order valence-electron chi connectivity index (χ4n) is 2.34. The number of aliphatic hydroxyl groups excluding tert-OH is 1. The van der Waals surface area contributed by atoms with E-state index in [9.17, 15) is 14.7 Å². The second-order valence-corrected chi connectivity index (χ2v) is 4.88. The molecule has 2 atom stereocenters. The Balaban J connectivity index is 2.09. The quantitative estimate of drug-likeness (QED) is 0.777. The minimum absolute atomic E-state index is 0.0380. The number of carboxylic acid groups (broad SMARTS) is 1. The van der Waals surface area contributed by atoms with E-state index in [-0.39, 0.29) is 13.0 Å². The summed E-state index contributed by atoms with van der Waals surface area (Å²) in [6.45, 7) is 2.05. The molecule has 2 rings (SSSR count). The first-order valence-corrected chi connectivity index (χ1v) is 6.58. The largest absolute Gasteiger partial charge is 0.480 e. The lowest BCUT2D eigenvalue weighted by Crippen LogP contribution is -2.43. The molecule has 0 aliphatic carbocycles. The van der Waals surface area contributed by atoms with Gasteiger partial charge in [-0.3, -0.25) is 0 Å². The lowest BCUT2D eigenvalue weighted by Gasteiger charge is -2.21. The number of β-amino-alcohol motifs (C(OH)–C–C–N with tert-alkyl or cyclic N) is 1. The minimum atomic E-state index is -1.10. The first-order chi connectivity index (χ1) is 9.51. The summed E-state index contributed by atoms with van der Waals surface area (Å²) < 4.78 is 0. The van der Waals surface area contributed by atoms with Crippen LogP contribution in [0.3, 0.4) is 0 Å². The molecule has 0 radical (unpaired) electrons. The van der Waals surface area contributed by atoms with Gasteiger partial charge in [0, 0.05) is 18.7 Å². The van der Waals surface area contributed by atoms with E-state index in [4.69, 9.17) is 5.11 Å². The summed E-state index contributed by atoms with van der Waals surface area (Å²) in [6, 6.07) is 5.91. The summed E-state index contributed by atoms with van der Waals surface area (Å²) in [5, 5.41) is 21.3. The molecule has 0 spiro atoms. The number of urea groups is 1. The molecule has 0 bridgehead atoms. The van der Waals surface area contributed by atoms with E-state index in [0.29, 0.717) is 5.69 Å². The summed E-state index contributed by atoms with van der Waals surface area (Å²) in [5.41, 5.74) is 1.71. The van der Waals surface area contributed by atoms with Crippen molar-refractivity contribution in [3.05, 3.63) is 29.8 Å². The molecule has 108 valence electrons. The number of aryl methyl sites for hydroxylation is 1. The normalized spacial score (nSPS) is 21.8. The third-order valence-corrected chi connectivity index (χ3v) is 3.41. The van der Waals surface area contributed by atoms with Crippen LogP contribution in [-0.4, -0.2) is 45.8 Å². The summed E-state index contributed by atoms with van der Waals surface area (Å²) in [7, 11) is 0. The second-order valence-electron chi connectivity index (χ2n) is 4.88. The number of amides is 2. The van der Waals surface area contributed by atoms with Crippen LogP contribution in [0.5, 0.6) is 0 Å². The van der Waals surface area contributed by atoms with Crippen molar-refractivity contribution in [1.29, 1.82) is 0 Å². The van der Waals surface area contributed by atoms with Crippen molar-refractivity contribution in [2.45, 2.75) is 31.9 Å². The fraction of sp³-hybridized carbons (Fsp3) is 0.429. The summed E-state index contributed by atoms with van der Waals surface area (Å²) in [6.07, 6.45) is 0.130. The Bertz CT molecular complexity index is 518. The third kappa shape index (κ3) is 3.08. The van der Waals surface area contributed by atoms with Crippen LogP contribution in [0.15, 0.2) is 24.3 Å². The van der Waals surface area contributed by atoms with Gasteiger partial charge >= 0.3 is 12.0 Å². The number of carbonyl (C=O) groups is 2. The average molecular weight is 278 g/mol. The molecule has 1 aromatic carbocycles. The van der Waals surface area contributed by atoms with Gasteiger partial charge in [0.25, 0.3) is 0 Å². The highest BCUT2D eigenvalue weighted by Crippen LogP contribution is 2.20. The van der Waals surface area contributed by atoms with Gasteiger partial charge in [-0.25, -0.2) is 9.59 Å². The zero-order valence-corrected chi connectivity index (χ0v) is 11.2. The SMILES string of the molecule is CCc1cccc(NC(=O)N2CC(O)C[C@H]2C(=O)O)c1. The molecule has 2 amide bonds. The minimum Gasteiger partial charge on any atom is -0.480 e.